The highest BCUT2D eigenvalue weighted by Gasteiger charge is 2.25. The lowest BCUT2D eigenvalue weighted by Crippen LogP contribution is -2.21. The number of ether oxygens (including phenoxy) is 1. The molecule has 30 heavy (non-hydrogen) atoms. The van der Waals surface area contributed by atoms with Crippen LogP contribution in [0.4, 0.5) is 5.69 Å². The summed E-state index contributed by atoms with van der Waals surface area (Å²) in [6, 6.07) is 14.6. The molecule has 1 N–H and O–H groups in total. The zero-order chi connectivity index (χ0) is 21.7. The molecular formula is C20H18BrN5O4. The molecule has 154 valence electrons. The minimum absolute atomic E-state index is 0.287. The maximum absolute atomic E-state index is 12.5. The Morgan fingerprint density at radius 1 is 1.23 bits per heavy atom. The number of carbonyl (C=O) groups is 1. The molecule has 9 nitrogen and oxygen atoms in total. The molecule has 0 fully saturated rings. The fourth-order valence-electron chi connectivity index (χ4n) is 2.65. The van der Waals surface area contributed by atoms with Crippen molar-refractivity contribution in [2.24, 2.45) is 5.10 Å². The third kappa shape index (κ3) is 5.09. The molecule has 1 heterocycles. The summed E-state index contributed by atoms with van der Waals surface area (Å²) in [4.78, 5) is 23.2. The van der Waals surface area contributed by atoms with Crippen LogP contribution >= 0.6 is 15.9 Å². The van der Waals surface area contributed by atoms with E-state index in [9.17, 15) is 14.9 Å². The Morgan fingerprint density at radius 3 is 2.50 bits per heavy atom. The topological polar surface area (TPSA) is 112 Å². The molecule has 0 radical (unpaired) electrons. The van der Waals surface area contributed by atoms with Gasteiger partial charge in [0.1, 0.15) is 11.9 Å². The summed E-state index contributed by atoms with van der Waals surface area (Å²) in [7, 11) is 1.57. The molecule has 0 bridgehead atoms. The Morgan fingerprint density at radius 2 is 1.90 bits per heavy atom. The number of carbonyl (C=O) groups excluding carboxylic acids is 1. The van der Waals surface area contributed by atoms with Gasteiger partial charge in [-0.05, 0) is 54.4 Å². The number of nitrogens with zero attached hydrogens (tertiary/aromatic N) is 4. The molecular weight excluding hydrogens is 454 g/mol. The molecule has 1 amide bonds. The SMILES string of the molecule is COc1ccc(/C(C)=N\NC(=O)c2nn(Cc3ccc(Br)cc3)cc2[N+](=O)[O-])cc1. The van der Waals surface area contributed by atoms with Crippen molar-refractivity contribution in [3.63, 3.8) is 0 Å². The normalized spacial score (nSPS) is 11.2. The lowest BCUT2D eigenvalue weighted by atomic mass is 10.1. The van der Waals surface area contributed by atoms with E-state index in [1.807, 2.05) is 24.3 Å². The Balaban J connectivity index is 1.77. The van der Waals surface area contributed by atoms with Gasteiger partial charge in [0.05, 0.1) is 24.3 Å². The first kappa shape index (κ1) is 21.2. The van der Waals surface area contributed by atoms with Crippen molar-refractivity contribution in [2.45, 2.75) is 13.5 Å². The second kappa shape index (κ2) is 9.31. The van der Waals surface area contributed by atoms with Crippen LogP contribution in [-0.2, 0) is 6.54 Å². The van der Waals surface area contributed by atoms with Gasteiger partial charge in [0.2, 0.25) is 5.69 Å². The summed E-state index contributed by atoms with van der Waals surface area (Å²) in [5.74, 6) is -0.0633. The molecule has 0 saturated heterocycles. The van der Waals surface area contributed by atoms with Gasteiger partial charge in [-0.1, -0.05) is 28.1 Å². The zero-order valence-electron chi connectivity index (χ0n) is 16.2. The van der Waals surface area contributed by atoms with Gasteiger partial charge in [0, 0.05) is 4.47 Å². The van der Waals surface area contributed by atoms with E-state index in [-0.39, 0.29) is 17.9 Å². The zero-order valence-corrected chi connectivity index (χ0v) is 17.8. The molecule has 0 aliphatic carbocycles. The van der Waals surface area contributed by atoms with E-state index in [4.69, 9.17) is 4.74 Å². The average Bonchev–Trinajstić information content (AvgIpc) is 3.18. The minimum Gasteiger partial charge on any atom is -0.497 e. The minimum atomic E-state index is -0.760. The van der Waals surface area contributed by atoms with E-state index in [1.54, 1.807) is 38.3 Å². The van der Waals surface area contributed by atoms with Crippen molar-refractivity contribution >= 4 is 33.2 Å². The third-order valence-corrected chi connectivity index (χ3v) is 4.77. The first-order valence-corrected chi connectivity index (χ1v) is 9.62. The van der Waals surface area contributed by atoms with E-state index < -0.39 is 10.8 Å². The van der Waals surface area contributed by atoms with Crippen molar-refractivity contribution in [1.29, 1.82) is 0 Å². The van der Waals surface area contributed by atoms with Crippen molar-refractivity contribution in [2.75, 3.05) is 7.11 Å². The highest BCUT2D eigenvalue weighted by atomic mass is 79.9. The number of hydrogen-bond acceptors (Lipinski definition) is 6. The molecule has 0 saturated carbocycles. The number of rotatable bonds is 7. The Kier molecular flexibility index (Phi) is 6.58. The summed E-state index contributed by atoms with van der Waals surface area (Å²) in [5, 5.41) is 19.5. The van der Waals surface area contributed by atoms with Crippen LogP contribution in [0.2, 0.25) is 0 Å². The van der Waals surface area contributed by atoms with Crippen LogP contribution < -0.4 is 10.2 Å². The van der Waals surface area contributed by atoms with Crippen molar-refractivity contribution in [3.8, 4) is 5.75 Å². The molecule has 0 aliphatic heterocycles. The van der Waals surface area contributed by atoms with Crippen LogP contribution in [0.3, 0.4) is 0 Å². The smallest absolute Gasteiger partial charge is 0.320 e. The van der Waals surface area contributed by atoms with E-state index in [2.05, 4.69) is 31.6 Å². The number of hydrazone groups is 1. The third-order valence-electron chi connectivity index (χ3n) is 4.24. The highest BCUT2D eigenvalue weighted by Crippen LogP contribution is 2.19. The van der Waals surface area contributed by atoms with Gasteiger partial charge in [-0.3, -0.25) is 19.6 Å². The lowest BCUT2D eigenvalue weighted by molar-refractivity contribution is -0.385. The predicted octanol–water partition coefficient (Wildman–Crippen LogP) is 3.76. The van der Waals surface area contributed by atoms with E-state index in [0.29, 0.717) is 11.5 Å². The number of hydrogen-bond donors (Lipinski definition) is 1. The van der Waals surface area contributed by atoms with Crippen LogP contribution in [0.25, 0.3) is 0 Å². The number of nitrogens with one attached hydrogen (secondary N) is 1. The number of benzene rings is 2. The Labute approximate surface area is 180 Å². The van der Waals surface area contributed by atoms with E-state index >= 15 is 0 Å². The van der Waals surface area contributed by atoms with Crippen molar-refractivity contribution < 1.29 is 14.5 Å². The quantitative estimate of drug-likeness (QED) is 0.320. The van der Waals surface area contributed by atoms with Gasteiger partial charge in [-0.15, -0.1) is 0 Å². The fraction of sp³-hybridized carbons (Fsp3) is 0.150. The van der Waals surface area contributed by atoms with Crippen molar-refractivity contribution in [3.05, 3.63) is 86.1 Å². The summed E-state index contributed by atoms with van der Waals surface area (Å²) in [6.07, 6.45) is 1.23. The second-order valence-corrected chi connectivity index (χ2v) is 7.23. The molecule has 0 aliphatic rings. The average molecular weight is 472 g/mol. The molecule has 1 aromatic heterocycles. The van der Waals surface area contributed by atoms with Crippen LogP contribution in [0.5, 0.6) is 5.75 Å². The number of methoxy groups -OCH3 is 1. The van der Waals surface area contributed by atoms with E-state index in [1.165, 1.54) is 10.9 Å². The summed E-state index contributed by atoms with van der Waals surface area (Å²) in [5.41, 5.74) is 3.83. The van der Waals surface area contributed by atoms with Gasteiger partial charge in [0.15, 0.2) is 0 Å². The van der Waals surface area contributed by atoms with Gasteiger partial charge < -0.3 is 4.74 Å². The number of nitro groups is 1. The summed E-state index contributed by atoms with van der Waals surface area (Å²) < 4.78 is 7.38. The highest BCUT2D eigenvalue weighted by molar-refractivity contribution is 9.10. The predicted molar refractivity (Wildman–Crippen MR) is 115 cm³/mol. The first-order valence-electron chi connectivity index (χ1n) is 8.82. The molecule has 3 rings (SSSR count). The van der Waals surface area contributed by atoms with Crippen molar-refractivity contribution in [1.82, 2.24) is 15.2 Å². The van der Waals surface area contributed by atoms with Gasteiger partial charge in [0.25, 0.3) is 5.91 Å². The summed E-state index contributed by atoms with van der Waals surface area (Å²) >= 11 is 3.35. The van der Waals surface area contributed by atoms with Gasteiger partial charge >= 0.3 is 5.69 Å². The Bertz CT molecular complexity index is 1090. The van der Waals surface area contributed by atoms with Gasteiger partial charge in [-0.25, -0.2) is 5.43 Å². The molecule has 0 atom stereocenters. The molecule has 10 heteroatoms. The number of amides is 1. The molecule has 3 aromatic rings. The maximum Gasteiger partial charge on any atom is 0.320 e. The fourth-order valence-corrected chi connectivity index (χ4v) is 2.91. The van der Waals surface area contributed by atoms with Crippen LogP contribution in [0.15, 0.2) is 64.3 Å². The van der Waals surface area contributed by atoms with E-state index in [0.717, 1.165) is 15.6 Å². The van der Waals surface area contributed by atoms with Gasteiger partial charge in [-0.2, -0.15) is 10.2 Å². The number of aromatic nitrogens is 2. The monoisotopic (exact) mass is 471 g/mol. The van der Waals surface area contributed by atoms with Crippen LogP contribution in [0, 0.1) is 10.1 Å². The van der Waals surface area contributed by atoms with Crippen LogP contribution in [-0.4, -0.2) is 33.4 Å². The lowest BCUT2D eigenvalue weighted by Gasteiger charge is -2.04. The summed E-state index contributed by atoms with van der Waals surface area (Å²) in [6.45, 7) is 2.00. The van der Waals surface area contributed by atoms with Crippen LogP contribution in [0.1, 0.15) is 28.5 Å². The second-order valence-electron chi connectivity index (χ2n) is 6.31. The largest absolute Gasteiger partial charge is 0.497 e. The maximum atomic E-state index is 12.5. The molecule has 0 unspecified atom stereocenters. The first-order chi connectivity index (χ1) is 14.4. The number of halogens is 1. The Hall–Kier alpha value is -3.53. The molecule has 2 aromatic carbocycles. The molecule has 0 spiro atoms. The standard InChI is InChI=1S/C20H18BrN5O4/c1-13(15-5-9-17(30-2)10-6-15)22-23-20(27)19-18(26(28)29)12-25(24-19)11-14-3-7-16(21)8-4-14/h3-10,12H,11H2,1-2H3,(H,23,27)/b22-13-.